The lowest BCUT2D eigenvalue weighted by molar-refractivity contribution is 0.00578. The van der Waals surface area contributed by atoms with Crippen LogP contribution in [0, 0.1) is 0 Å². The van der Waals surface area contributed by atoms with Crippen LogP contribution in [0.3, 0.4) is 0 Å². The van der Waals surface area contributed by atoms with E-state index in [0.717, 1.165) is 16.6 Å². The van der Waals surface area contributed by atoms with Crippen molar-refractivity contribution >= 4 is 25.8 Å². The number of hydrogen-bond donors (Lipinski definition) is 1. The molecule has 0 spiro atoms. The fourth-order valence-electron chi connectivity index (χ4n) is 3.03. The van der Waals surface area contributed by atoms with E-state index in [1.165, 1.54) is 0 Å². The van der Waals surface area contributed by atoms with Crippen molar-refractivity contribution in [2.45, 2.75) is 77.8 Å². The van der Waals surface area contributed by atoms with Crippen LogP contribution in [0.1, 0.15) is 61.1 Å². The number of nitrogens with two attached hydrogens (primary N) is 1. The lowest BCUT2D eigenvalue weighted by atomic mass is 9.77. The number of nitrogens with zero attached hydrogens (tertiary/aromatic N) is 1. The molecular weight excluding hydrogens is 354 g/mol. The van der Waals surface area contributed by atoms with E-state index < -0.39 is 25.4 Å². The second kappa shape index (κ2) is 6.96. The lowest BCUT2D eigenvalue weighted by Crippen LogP contribution is -2.41. The first-order valence-electron chi connectivity index (χ1n) is 9.86. The predicted molar refractivity (Wildman–Crippen MR) is 113 cm³/mol. The van der Waals surface area contributed by atoms with Crippen molar-refractivity contribution in [1.29, 1.82) is 0 Å². The van der Waals surface area contributed by atoms with Gasteiger partial charge in [-0.15, -0.1) is 0 Å². The van der Waals surface area contributed by atoms with Crippen molar-refractivity contribution in [1.82, 2.24) is 4.98 Å². The van der Waals surface area contributed by atoms with Gasteiger partial charge in [0.05, 0.1) is 28.1 Å². The normalized spacial score (nSPS) is 25.4. The van der Waals surface area contributed by atoms with Crippen LogP contribution in [0.2, 0.25) is 0 Å². The van der Waals surface area contributed by atoms with Gasteiger partial charge in [-0.05, 0) is 73.0 Å². The Morgan fingerprint density at radius 2 is 1.39 bits per heavy atom. The molecular formula is C20H32B2N2O4. The minimum absolute atomic E-state index is 0.331. The summed E-state index contributed by atoms with van der Waals surface area (Å²) in [6.07, 6.45) is 3.71. The molecule has 6 nitrogen and oxygen atoms in total. The molecule has 0 unspecified atom stereocenters. The first kappa shape index (κ1) is 21.5. The zero-order valence-corrected chi connectivity index (χ0v) is 18.3. The van der Waals surface area contributed by atoms with E-state index in [1.807, 2.05) is 73.6 Å². The zero-order chi connectivity index (χ0) is 21.0. The van der Waals surface area contributed by atoms with Gasteiger partial charge in [0.2, 0.25) is 0 Å². The minimum atomic E-state index is -0.473. The van der Waals surface area contributed by atoms with Gasteiger partial charge in [-0.2, -0.15) is 0 Å². The first-order chi connectivity index (χ1) is 12.8. The molecule has 2 aliphatic rings. The molecule has 2 fully saturated rings. The summed E-state index contributed by atoms with van der Waals surface area (Å²) in [5, 5.41) is 0. The molecule has 152 valence electrons. The van der Waals surface area contributed by atoms with E-state index in [0.29, 0.717) is 6.54 Å². The van der Waals surface area contributed by atoms with Crippen LogP contribution in [0.4, 0.5) is 0 Å². The Labute approximate surface area is 169 Å². The Morgan fingerprint density at radius 1 is 0.893 bits per heavy atom. The van der Waals surface area contributed by atoms with Gasteiger partial charge in [0.25, 0.3) is 0 Å². The highest BCUT2D eigenvalue weighted by atomic mass is 16.7. The summed E-state index contributed by atoms with van der Waals surface area (Å²) >= 11 is 0. The quantitative estimate of drug-likeness (QED) is 0.801. The van der Waals surface area contributed by atoms with Gasteiger partial charge < -0.3 is 24.4 Å². The van der Waals surface area contributed by atoms with Crippen molar-refractivity contribution in [3.05, 3.63) is 29.5 Å². The molecule has 3 rings (SSSR count). The smallest absolute Gasteiger partial charge is 0.400 e. The molecule has 1 aromatic heterocycles. The second-order valence-corrected chi connectivity index (χ2v) is 9.62. The summed E-state index contributed by atoms with van der Waals surface area (Å²) in [5.41, 5.74) is 6.95. The maximum atomic E-state index is 6.10. The monoisotopic (exact) mass is 386 g/mol. The maximum absolute atomic E-state index is 6.10. The van der Waals surface area contributed by atoms with Crippen LogP contribution in [0.25, 0.3) is 6.08 Å². The molecule has 0 saturated carbocycles. The third kappa shape index (κ3) is 3.81. The third-order valence-electron chi connectivity index (χ3n) is 6.46. The SMILES string of the molecule is CC1(C)OB(C(=Cc2ccc(B3OC(C)(C)C(C)(C)O3)cn2)CN)OC1(C)C. The van der Waals surface area contributed by atoms with Gasteiger partial charge >= 0.3 is 14.2 Å². The first-order valence-corrected chi connectivity index (χ1v) is 9.86. The number of rotatable bonds is 4. The van der Waals surface area contributed by atoms with Gasteiger partial charge in [0, 0.05) is 18.2 Å². The summed E-state index contributed by atoms with van der Waals surface area (Å²) in [5.74, 6) is 0. The largest absolute Gasteiger partial charge is 0.496 e. The van der Waals surface area contributed by atoms with E-state index in [2.05, 4.69) is 4.98 Å². The van der Waals surface area contributed by atoms with Crippen molar-refractivity contribution in [3.63, 3.8) is 0 Å². The standard InChI is InChI=1S/C20H32B2N2O4/c1-17(2)18(3,4)26-21(25-17)14-9-10-16(24-13-14)11-15(12-23)22-27-19(5,6)20(7,8)28-22/h9-11,13H,12,23H2,1-8H3. The molecule has 0 aliphatic carbocycles. The molecule has 2 aliphatic heterocycles. The van der Waals surface area contributed by atoms with Crippen LogP contribution < -0.4 is 11.2 Å². The Morgan fingerprint density at radius 3 is 1.82 bits per heavy atom. The van der Waals surface area contributed by atoms with Crippen LogP contribution in [-0.4, -0.2) is 48.2 Å². The highest BCUT2D eigenvalue weighted by molar-refractivity contribution is 6.62. The van der Waals surface area contributed by atoms with Crippen LogP contribution in [-0.2, 0) is 18.6 Å². The molecule has 2 saturated heterocycles. The van der Waals surface area contributed by atoms with Gasteiger partial charge in [-0.3, -0.25) is 4.98 Å². The molecule has 1 aromatic rings. The third-order valence-corrected chi connectivity index (χ3v) is 6.46. The van der Waals surface area contributed by atoms with E-state index in [9.17, 15) is 0 Å². The molecule has 28 heavy (non-hydrogen) atoms. The molecule has 8 heteroatoms. The van der Waals surface area contributed by atoms with Gasteiger partial charge in [0.1, 0.15) is 0 Å². The van der Waals surface area contributed by atoms with E-state index in [1.54, 1.807) is 6.20 Å². The van der Waals surface area contributed by atoms with Crippen molar-refractivity contribution in [3.8, 4) is 0 Å². The van der Waals surface area contributed by atoms with Crippen molar-refractivity contribution in [2.24, 2.45) is 5.73 Å². The second-order valence-electron chi connectivity index (χ2n) is 9.62. The molecule has 0 bridgehead atoms. The highest BCUT2D eigenvalue weighted by Gasteiger charge is 2.53. The summed E-state index contributed by atoms with van der Waals surface area (Å²) < 4.78 is 24.4. The van der Waals surface area contributed by atoms with Crippen molar-refractivity contribution < 1.29 is 18.6 Å². The molecule has 0 atom stereocenters. The molecule has 0 radical (unpaired) electrons. The van der Waals surface area contributed by atoms with Crippen LogP contribution >= 0.6 is 0 Å². The Hall–Kier alpha value is -1.18. The fourth-order valence-corrected chi connectivity index (χ4v) is 3.03. The highest BCUT2D eigenvalue weighted by Crippen LogP contribution is 2.39. The van der Waals surface area contributed by atoms with E-state index in [4.69, 9.17) is 24.4 Å². The Balaban J connectivity index is 1.76. The average Bonchev–Trinajstić information content (AvgIpc) is 2.92. The Kier molecular flexibility index (Phi) is 5.35. The zero-order valence-electron chi connectivity index (χ0n) is 18.3. The molecule has 0 aromatic carbocycles. The number of hydrogen-bond acceptors (Lipinski definition) is 6. The number of aromatic nitrogens is 1. The van der Waals surface area contributed by atoms with E-state index in [-0.39, 0.29) is 11.2 Å². The fraction of sp³-hybridized carbons (Fsp3) is 0.650. The molecule has 0 amide bonds. The summed E-state index contributed by atoms with van der Waals surface area (Å²) in [6, 6.07) is 3.90. The summed E-state index contributed by atoms with van der Waals surface area (Å²) in [4.78, 5) is 4.55. The summed E-state index contributed by atoms with van der Waals surface area (Å²) in [7, 11) is -0.896. The Bertz CT molecular complexity index is 728. The van der Waals surface area contributed by atoms with Gasteiger partial charge in [0.15, 0.2) is 0 Å². The van der Waals surface area contributed by atoms with E-state index >= 15 is 0 Å². The van der Waals surface area contributed by atoms with Gasteiger partial charge in [-0.1, -0.05) is 6.07 Å². The lowest BCUT2D eigenvalue weighted by Gasteiger charge is -2.32. The average molecular weight is 386 g/mol. The van der Waals surface area contributed by atoms with Crippen molar-refractivity contribution in [2.75, 3.05) is 6.54 Å². The van der Waals surface area contributed by atoms with Gasteiger partial charge in [-0.25, -0.2) is 0 Å². The maximum Gasteiger partial charge on any atom is 0.496 e. The van der Waals surface area contributed by atoms with Crippen LogP contribution in [0.15, 0.2) is 23.8 Å². The predicted octanol–water partition coefficient (Wildman–Crippen LogP) is 2.35. The minimum Gasteiger partial charge on any atom is -0.400 e. The molecule has 3 heterocycles. The van der Waals surface area contributed by atoms with Crippen LogP contribution in [0.5, 0.6) is 0 Å². The topological polar surface area (TPSA) is 75.8 Å². The number of pyridine rings is 1. The summed E-state index contributed by atoms with van der Waals surface area (Å²) in [6.45, 7) is 16.6. The molecule has 2 N–H and O–H groups in total.